The lowest BCUT2D eigenvalue weighted by molar-refractivity contribution is 0.222. The molecule has 3 heterocycles. The van der Waals surface area contributed by atoms with Crippen molar-refractivity contribution in [3.63, 3.8) is 0 Å². The molecule has 0 amide bonds. The number of aromatic nitrogens is 3. The minimum absolute atomic E-state index is 0.206. The van der Waals surface area contributed by atoms with Crippen molar-refractivity contribution in [1.82, 2.24) is 14.8 Å². The Morgan fingerprint density at radius 1 is 1.03 bits per heavy atom. The summed E-state index contributed by atoms with van der Waals surface area (Å²) < 4.78 is 14.1. The fourth-order valence-electron chi connectivity index (χ4n) is 4.59. The van der Waals surface area contributed by atoms with Crippen LogP contribution < -0.4 is 14.8 Å². The lowest BCUT2D eigenvalue weighted by Gasteiger charge is -2.39. The predicted octanol–water partition coefficient (Wildman–Crippen LogP) is 5.81. The van der Waals surface area contributed by atoms with E-state index in [0.717, 1.165) is 39.5 Å². The van der Waals surface area contributed by atoms with Gasteiger partial charge in [-0.25, -0.2) is 4.68 Å². The molecular weight excluding hydrogens is 436 g/mol. The van der Waals surface area contributed by atoms with E-state index in [2.05, 4.69) is 52.7 Å². The number of rotatable bonds is 3. The van der Waals surface area contributed by atoms with Gasteiger partial charge < -0.3 is 14.8 Å². The minimum atomic E-state index is -0.361. The Labute approximate surface area is 196 Å². The molecule has 6 rings (SSSR count). The first kappa shape index (κ1) is 19.9. The van der Waals surface area contributed by atoms with Crippen molar-refractivity contribution in [2.24, 2.45) is 0 Å². The molecule has 2 atom stereocenters. The Bertz CT molecular complexity index is 1390. The Morgan fingerprint density at radius 3 is 2.70 bits per heavy atom. The lowest BCUT2D eigenvalue weighted by atomic mass is 9.84. The van der Waals surface area contributed by atoms with Crippen LogP contribution in [0.1, 0.15) is 34.4 Å². The van der Waals surface area contributed by atoms with Crippen molar-refractivity contribution < 1.29 is 9.47 Å². The molecule has 0 bridgehead atoms. The van der Waals surface area contributed by atoms with E-state index in [4.69, 9.17) is 21.1 Å². The van der Waals surface area contributed by atoms with Gasteiger partial charge in [-0.05, 0) is 42.8 Å². The summed E-state index contributed by atoms with van der Waals surface area (Å²) >= 11 is 6.40. The first-order valence-corrected chi connectivity index (χ1v) is 11.1. The van der Waals surface area contributed by atoms with Crippen LogP contribution in [0.2, 0.25) is 5.02 Å². The van der Waals surface area contributed by atoms with Gasteiger partial charge in [0.05, 0.1) is 12.8 Å². The normalized spacial score (nSPS) is 18.5. The maximum atomic E-state index is 6.64. The quantitative estimate of drug-likeness (QED) is 0.421. The van der Waals surface area contributed by atoms with Crippen LogP contribution in [0.3, 0.4) is 0 Å². The van der Waals surface area contributed by atoms with Crippen LogP contribution in [0.15, 0.2) is 78.6 Å². The Balaban J connectivity index is 1.63. The molecule has 0 radical (unpaired) electrons. The highest BCUT2D eigenvalue weighted by Crippen LogP contribution is 2.51. The van der Waals surface area contributed by atoms with Gasteiger partial charge in [-0.1, -0.05) is 53.6 Å². The zero-order valence-corrected chi connectivity index (χ0v) is 18.9. The summed E-state index contributed by atoms with van der Waals surface area (Å²) in [4.78, 5) is 4.47. The van der Waals surface area contributed by atoms with Gasteiger partial charge in [-0.15, -0.1) is 0 Å². The van der Waals surface area contributed by atoms with Gasteiger partial charge in [-0.2, -0.15) is 10.1 Å². The average molecular weight is 457 g/mol. The highest BCUT2D eigenvalue weighted by molar-refractivity contribution is 6.30. The van der Waals surface area contributed by atoms with E-state index < -0.39 is 0 Å². The molecule has 0 unspecified atom stereocenters. The van der Waals surface area contributed by atoms with E-state index in [1.165, 1.54) is 5.56 Å². The van der Waals surface area contributed by atoms with Crippen molar-refractivity contribution >= 4 is 23.2 Å². The molecule has 0 fully saturated rings. The van der Waals surface area contributed by atoms with Crippen LogP contribution in [-0.2, 0) is 0 Å². The number of nitrogens with one attached hydrogen (secondary N) is 1. The number of ether oxygens (including phenoxy) is 2. The molecule has 2 aliphatic rings. The number of aryl methyl sites for hydroxylation is 1. The summed E-state index contributed by atoms with van der Waals surface area (Å²) in [5.41, 5.74) is 6.18. The van der Waals surface area contributed by atoms with Gasteiger partial charge in [0.25, 0.3) is 0 Å². The minimum Gasteiger partial charge on any atom is -0.497 e. The van der Waals surface area contributed by atoms with Crippen LogP contribution in [0, 0.1) is 6.92 Å². The van der Waals surface area contributed by atoms with Gasteiger partial charge in [0, 0.05) is 21.7 Å². The summed E-state index contributed by atoms with van der Waals surface area (Å²) in [7, 11) is 1.67. The second-order valence-corrected chi connectivity index (χ2v) is 8.65. The molecule has 1 N–H and O–H groups in total. The first-order valence-electron chi connectivity index (χ1n) is 10.7. The Morgan fingerprint density at radius 2 is 1.88 bits per heavy atom. The molecular formula is C26H21ClN4O2. The number of nitrogens with zero attached hydrogens (tertiary/aromatic N) is 3. The fourth-order valence-corrected chi connectivity index (χ4v) is 4.76. The Kier molecular flexibility index (Phi) is 4.62. The van der Waals surface area contributed by atoms with E-state index in [0.29, 0.717) is 11.0 Å². The standard InChI is InChI=1S/C26H21ClN4O2/c1-15-6-8-16(9-7-15)24-22-23(30-26-28-14-29-31(24)26)20-13-18(27)10-11-21(20)33-25(22)17-4-3-5-19(12-17)32-2/h3-14,24-25H,1-2H3,(H,28,29,30)/t24-,25-/m0/s1. The number of hydrogen-bond donors (Lipinski definition) is 1. The van der Waals surface area contributed by atoms with Crippen molar-refractivity contribution in [2.45, 2.75) is 19.1 Å². The molecule has 4 aromatic rings. The number of hydrogen-bond acceptors (Lipinski definition) is 5. The zero-order chi connectivity index (χ0) is 22.5. The molecule has 6 nitrogen and oxygen atoms in total. The van der Waals surface area contributed by atoms with Crippen LogP contribution in [0.5, 0.6) is 11.5 Å². The van der Waals surface area contributed by atoms with Gasteiger partial charge in [0.2, 0.25) is 5.95 Å². The summed E-state index contributed by atoms with van der Waals surface area (Å²) in [6.45, 7) is 2.08. The SMILES string of the molecule is COc1cccc([C@@H]2Oc3ccc(Cl)cc3C3=C2[C@H](c2ccc(C)cc2)n2ncnc2N3)c1. The maximum absolute atomic E-state index is 6.64. The summed E-state index contributed by atoms with van der Waals surface area (Å²) in [6, 6.07) is 22.0. The number of fused-ring (bicyclic) bond motifs is 3. The van der Waals surface area contributed by atoms with Crippen LogP contribution in [0.25, 0.3) is 5.70 Å². The molecule has 2 aliphatic heterocycles. The van der Waals surface area contributed by atoms with Gasteiger partial charge in [0.1, 0.15) is 30.0 Å². The predicted molar refractivity (Wildman–Crippen MR) is 128 cm³/mol. The van der Waals surface area contributed by atoms with Gasteiger partial charge in [-0.3, -0.25) is 0 Å². The molecule has 3 aromatic carbocycles. The van der Waals surface area contributed by atoms with E-state index in [9.17, 15) is 0 Å². The van der Waals surface area contributed by atoms with Crippen molar-refractivity contribution in [1.29, 1.82) is 0 Å². The fraction of sp³-hybridized carbons (Fsp3) is 0.154. The zero-order valence-electron chi connectivity index (χ0n) is 18.1. The van der Waals surface area contributed by atoms with E-state index in [1.807, 2.05) is 41.1 Å². The number of anilines is 1. The smallest absolute Gasteiger partial charge is 0.226 e. The first-order chi connectivity index (χ1) is 16.1. The van der Waals surface area contributed by atoms with Gasteiger partial charge >= 0.3 is 0 Å². The van der Waals surface area contributed by atoms with E-state index in [-0.39, 0.29) is 12.1 Å². The Hall–Kier alpha value is -3.77. The third kappa shape index (κ3) is 3.26. The molecule has 1 aromatic heterocycles. The maximum Gasteiger partial charge on any atom is 0.226 e. The van der Waals surface area contributed by atoms with Crippen LogP contribution >= 0.6 is 11.6 Å². The largest absolute Gasteiger partial charge is 0.497 e. The second-order valence-electron chi connectivity index (χ2n) is 8.21. The van der Waals surface area contributed by atoms with E-state index >= 15 is 0 Å². The van der Waals surface area contributed by atoms with Crippen LogP contribution in [-0.4, -0.2) is 21.9 Å². The third-order valence-electron chi connectivity index (χ3n) is 6.17. The lowest BCUT2D eigenvalue weighted by Crippen LogP contribution is -2.32. The molecule has 0 saturated heterocycles. The number of benzene rings is 3. The monoisotopic (exact) mass is 456 g/mol. The van der Waals surface area contributed by atoms with Crippen LogP contribution in [0.4, 0.5) is 5.95 Å². The molecule has 7 heteroatoms. The topological polar surface area (TPSA) is 61.2 Å². The summed E-state index contributed by atoms with van der Waals surface area (Å²) in [5, 5.41) is 8.71. The third-order valence-corrected chi connectivity index (χ3v) is 6.40. The molecule has 0 spiro atoms. The highest BCUT2D eigenvalue weighted by atomic mass is 35.5. The molecule has 0 saturated carbocycles. The van der Waals surface area contributed by atoms with Gasteiger partial charge in [0.15, 0.2) is 0 Å². The van der Waals surface area contributed by atoms with Crippen molar-refractivity contribution in [3.05, 3.63) is 106 Å². The number of halogens is 1. The number of methoxy groups -OCH3 is 1. The highest BCUT2D eigenvalue weighted by Gasteiger charge is 2.41. The second kappa shape index (κ2) is 7.67. The molecule has 164 valence electrons. The summed E-state index contributed by atoms with van der Waals surface area (Å²) in [6.07, 6.45) is 1.21. The summed E-state index contributed by atoms with van der Waals surface area (Å²) in [5.74, 6) is 2.21. The van der Waals surface area contributed by atoms with Crippen molar-refractivity contribution in [3.8, 4) is 11.5 Å². The molecule has 33 heavy (non-hydrogen) atoms. The molecule has 0 aliphatic carbocycles. The van der Waals surface area contributed by atoms with Crippen molar-refractivity contribution in [2.75, 3.05) is 12.4 Å². The average Bonchev–Trinajstić information content (AvgIpc) is 3.31. The van der Waals surface area contributed by atoms with E-state index in [1.54, 1.807) is 13.4 Å².